The number of rotatable bonds is 38. The van der Waals surface area contributed by atoms with Crippen molar-refractivity contribution in [1.29, 1.82) is 0 Å². The molecule has 0 aliphatic carbocycles. The SMILES string of the molecule is CCCC[N+](CCCC)(CCCC)CCCCCCOc1cccc(-c2c3nc(c(-c4cccc(OCCCCCC[N+](CCCC)(CCCC)CCCC)c4)c4ccc([nH]4)c(-c4cccc(C)c4)c4nc(c(-c5cccc(C)c5)c5ccc2[nH]5)C=C4)C=C3)c1. The van der Waals surface area contributed by atoms with E-state index in [9.17, 15) is 0 Å². The first kappa shape index (κ1) is 67.4. The Morgan fingerprint density at radius 2 is 0.589 bits per heavy atom. The third-order valence-electron chi connectivity index (χ3n) is 19.1. The lowest BCUT2D eigenvalue weighted by atomic mass is 10.0. The van der Waals surface area contributed by atoms with Gasteiger partial charge in [-0.25, -0.2) is 9.97 Å². The van der Waals surface area contributed by atoms with Crippen molar-refractivity contribution in [2.24, 2.45) is 0 Å². The highest BCUT2D eigenvalue weighted by Gasteiger charge is 2.27. The average Bonchev–Trinajstić information content (AvgIpc) is 1.81. The number of ether oxygens (including phenoxy) is 2. The highest BCUT2D eigenvalue weighted by Crippen LogP contribution is 2.40. The molecule has 2 N–H and O–H groups in total. The molecule has 0 amide bonds. The Balaban J connectivity index is 1.07. The maximum Gasteiger partial charge on any atom is 0.119 e. The zero-order valence-electron chi connectivity index (χ0n) is 56.7. The molecule has 9 rings (SSSR count). The molecule has 478 valence electrons. The maximum absolute atomic E-state index is 6.68. The summed E-state index contributed by atoms with van der Waals surface area (Å²) in [4.78, 5) is 19.2. The third-order valence-corrected chi connectivity index (χ3v) is 19.1. The van der Waals surface area contributed by atoms with E-state index in [0.29, 0.717) is 13.2 Å². The standard InChI is InChI=1S/C82H110N6O2/c1-9-15-49-87(50-16-10-2,51-17-11-3)55-25-21-23-27-57-89-69-39-31-37-67(61-69)81-75-45-43-73(84-75)79(65-35-29-33-63(7)59-65)71-41-42-72(83-71)80(66-36-30-34-64(8)60-66)74-44-46-76(85-74)82(78-48-47-77(81)86-78)68-38-32-40-70(62-68)90-58-28-24-22-26-56-88(52-18-12-4,53-19-13-5)54-20-14-6/h29-48,59-62,84-85H,9-28,49-58H2,1-8H3/q+2. The van der Waals surface area contributed by atoms with E-state index in [-0.39, 0.29) is 0 Å². The van der Waals surface area contributed by atoms with Crippen molar-refractivity contribution in [1.82, 2.24) is 19.9 Å². The number of quaternary nitrogens is 2. The van der Waals surface area contributed by atoms with E-state index >= 15 is 0 Å². The molecule has 8 nitrogen and oxygen atoms in total. The molecule has 8 bridgehead atoms. The van der Waals surface area contributed by atoms with Crippen LogP contribution < -0.4 is 9.47 Å². The van der Waals surface area contributed by atoms with Crippen LogP contribution in [0.1, 0.15) is 204 Å². The Morgan fingerprint density at radius 1 is 0.311 bits per heavy atom. The minimum Gasteiger partial charge on any atom is -0.494 e. The Hall–Kier alpha value is -7.00. The third kappa shape index (κ3) is 18.2. The van der Waals surface area contributed by atoms with Crippen LogP contribution in [0.5, 0.6) is 11.5 Å². The maximum atomic E-state index is 6.68. The molecule has 0 spiro atoms. The number of aromatic amines is 2. The van der Waals surface area contributed by atoms with Crippen LogP contribution in [-0.2, 0) is 0 Å². The summed E-state index contributed by atoms with van der Waals surface area (Å²) in [5.41, 5.74) is 18.2. The molecule has 5 heterocycles. The summed E-state index contributed by atoms with van der Waals surface area (Å²) in [5, 5.41) is 0. The van der Waals surface area contributed by atoms with Crippen LogP contribution in [0.4, 0.5) is 0 Å². The number of nitrogens with zero attached hydrogens (tertiary/aromatic N) is 4. The summed E-state index contributed by atoms with van der Waals surface area (Å²) in [6.07, 6.45) is 33.9. The molecule has 2 aliphatic heterocycles. The molecule has 4 aromatic carbocycles. The molecular weight excluding hydrogens is 1100 g/mol. The first-order chi connectivity index (χ1) is 44.1. The number of nitrogens with one attached hydrogen (secondary N) is 2. The number of fused-ring (bicyclic) bond motifs is 8. The van der Waals surface area contributed by atoms with Crippen molar-refractivity contribution in [2.75, 3.05) is 65.6 Å². The number of aryl methyl sites for hydroxylation is 2. The molecule has 0 unspecified atom stereocenters. The zero-order chi connectivity index (χ0) is 63.0. The molecule has 0 radical (unpaired) electrons. The second-order valence-corrected chi connectivity index (χ2v) is 26.4. The van der Waals surface area contributed by atoms with Crippen LogP contribution in [0, 0.1) is 13.8 Å². The predicted octanol–water partition coefficient (Wildman–Crippen LogP) is 22.3. The lowest BCUT2D eigenvalue weighted by molar-refractivity contribution is -0.929. The summed E-state index contributed by atoms with van der Waals surface area (Å²) in [6, 6.07) is 43.8. The second-order valence-electron chi connectivity index (χ2n) is 26.4. The fraction of sp³-hybridized carbons (Fsp3) is 0.463. The Labute approximate surface area is 542 Å². The van der Waals surface area contributed by atoms with Gasteiger partial charge in [-0.3, -0.25) is 0 Å². The second kappa shape index (κ2) is 34.4. The molecule has 0 saturated carbocycles. The molecule has 0 saturated heterocycles. The van der Waals surface area contributed by atoms with Gasteiger partial charge in [0.2, 0.25) is 0 Å². The first-order valence-electron chi connectivity index (χ1n) is 35.6. The van der Waals surface area contributed by atoms with Crippen LogP contribution in [0.2, 0.25) is 0 Å². The molecule has 90 heavy (non-hydrogen) atoms. The van der Waals surface area contributed by atoms with E-state index in [2.05, 4.69) is 211 Å². The fourth-order valence-electron chi connectivity index (χ4n) is 14.0. The molecule has 8 heteroatoms. The normalized spacial score (nSPS) is 12.4. The van der Waals surface area contributed by atoms with Crippen LogP contribution >= 0.6 is 0 Å². The van der Waals surface area contributed by atoms with Gasteiger partial charge in [0.25, 0.3) is 0 Å². The number of hydrogen-bond donors (Lipinski definition) is 2. The van der Waals surface area contributed by atoms with Gasteiger partial charge in [-0.1, -0.05) is 164 Å². The van der Waals surface area contributed by atoms with Gasteiger partial charge in [-0.2, -0.15) is 0 Å². The number of aromatic nitrogens is 4. The minimum absolute atomic E-state index is 0.689. The van der Waals surface area contributed by atoms with Gasteiger partial charge < -0.3 is 28.4 Å². The van der Waals surface area contributed by atoms with E-state index in [0.717, 1.165) is 114 Å². The van der Waals surface area contributed by atoms with Crippen molar-refractivity contribution < 1.29 is 18.4 Å². The first-order valence-corrected chi connectivity index (χ1v) is 35.6. The molecule has 7 aromatic rings. The van der Waals surface area contributed by atoms with Crippen molar-refractivity contribution in [2.45, 2.75) is 184 Å². The fourth-order valence-corrected chi connectivity index (χ4v) is 14.0. The number of hydrogen-bond acceptors (Lipinski definition) is 4. The highest BCUT2D eigenvalue weighted by atomic mass is 16.5. The van der Waals surface area contributed by atoms with E-state index < -0.39 is 0 Å². The summed E-state index contributed by atoms with van der Waals surface area (Å²) in [6.45, 7) is 30.4. The van der Waals surface area contributed by atoms with Gasteiger partial charge in [0.1, 0.15) is 11.5 Å². The Bertz CT molecular complexity index is 3340. The van der Waals surface area contributed by atoms with Gasteiger partial charge in [-0.05, 0) is 199 Å². The van der Waals surface area contributed by atoms with Crippen molar-refractivity contribution in [3.63, 3.8) is 0 Å². The summed E-state index contributed by atoms with van der Waals surface area (Å²) < 4.78 is 16.0. The van der Waals surface area contributed by atoms with Crippen LogP contribution in [0.25, 0.3) is 90.9 Å². The highest BCUT2D eigenvalue weighted by molar-refractivity contribution is 6.00. The number of unbranched alkanes of at least 4 members (excludes halogenated alkanes) is 12. The monoisotopic (exact) mass is 1210 g/mol. The topological polar surface area (TPSA) is 75.8 Å². The Morgan fingerprint density at radius 3 is 0.889 bits per heavy atom. The van der Waals surface area contributed by atoms with Crippen molar-refractivity contribution in [3.05, 3.63) is 155 Å². The number of H-pyrrole nitrogens is 2. The van der Waals surface area contributed by atoms with Crippen molar-refractivity contribution >= 4 is 46.4 Å². The molecule has 2 aliphatic rings. The largest absolute Gasteiger partial charge is 0.494 e. The van der Waals surface area contributed by atoms with E-state index in [1.165, 1.54) is 188 Å². The minimum atomic E-state index is 0.689. The van der Waals surface area contributed by atoms with E-state index in [1.807, 2.05) is 0 Å². The van der Waals surface area contributed by atoms with Gasteiger partial charge in [0, 0.05) is 44.3 Å². The lowest BCUT2D eigenvalue weighted by Gasteiger charge is -2.39. The van der Waals surface area contributed by atoms with Gasteiger partial charge >= 0.3 is 0 Å². The number of benzene rings is 4. The van der Waals surface area contributed by atoms with Crippen LogP contribution in [-0.4, -0.2) is 94.5 Å². The van der Waals surface area contributed by atoms with Crippen LogP contribution in [0.15, 0.2) is 121 Å². The Kier molecular flexibility index (Phi) is 25.8. The lowest BCUT2D eigenvalue weighted by Crippen LogP contribution is -2.50. The van der Waals surface area contributed by atoms with Gasteiger partial charge in [0.05, 0.1) is 88.3 Å². The molecule has 0 atom stereocenters. The summed E-state index contributed by atoms with van der Waals surface area (Å²) in [5.74, 6) is 1.75. The predicted molar refractivity (Wildman–Crippen MR) is 387 cm³/mol. The van der Waals surface area contributed by atoms with Gasteiger partial charge in [-0.15, -0.1) is 0 Å². The van der Waals surface area contributed by atoms with Gasteiger partial charge in [0.15, 0.2) is 0 Å². The average molecular weight is 1210 g/mol. The van der Waals surface area contributed by atoms with E-state index in [4.69, 9.17) is 19.4 Å². The van der Waals surface area contributed by atoms with Crippen molar-refractivity contribution in [3.8, 4) is 56.0 Å². The molecule has 0 fully saturated rings. The molecular formula is C82H110N6O2+2. The smallest absolute Gasteiger partial charge is 0.119 e. The molecule has 3 aromatic heterocycles. The summed E-state index contributed by atoms with van der Waals surface area (Å²) in [7, 11) is 0. The quantitative estimate of drug-likeness (QED) is 0.0299. The zero-order valence-corrected chi connectivity index (χ0v) is 56.7. The summed E-state index contributed by atoms with van der Waals surface area (Å²) >= 11 is 0. The van der Waals surface area contributed by atoms with E-state index in [1.54, 1.807) is 0 Å². The van der Waals surface area contributed by atoms with Crippen LogP contribution in [0.3, 0.4) is 0 Å².